The molecule has 1 aliphatic carbocycles. The fourth-order valence-electron chi connectivity index (χ4n) is 2.32. The number of nitrogens with zero attached hydrogens (tertiary/aromatic N) is 2. The predicted molar refractivity (Wildman–Crippen MR) is 62.8 cm³/mol. The molecule has 0 atom stereocenters. The Balaban J connectivity index is 2.11. The summed E-state index contributed by atoms with van der Waals surface area (Å²) in [5, 5.41) is 12.6. The van der Waals surface area contributed by atoms with Crippen LogP contribution in [0.2, 0.25) is 0 Å². The number of hydrogen-bond acceptors (Lipinski definition) is 4. The standard InChI is InChI=1S/C12H20N2O2/c15-13-11-5-3-1-2-4-6-12(11)14-7-9-16-10-8-14/h6,15H,1-5,7-10H2/b12-6+,13-11?. The predicted octanol–water partition coefficient (Wildman–Crippen LogP) is 2.00. The lowest BCUT2D eigenvalue weighted by molar-refractivity contribution is 0.0559. The Hall–Kier alpha value is -1.03. The van der Waals surface area contributed by atoms with E-state index in [0.717, 1.165) is 57.0 Å². The Morgan fingerprint density at radius 1 is 1.19 bits per heavy atom. The Morgan fingerprint density at radius 2 is 2.00 bits per heavy atom. The van der Waals surface area contributed by atoms with Gasteiger partial charge < -0.3 is 14.8 Å². The number of hydrogen-bond donors (Lipinski definition) is 1. The summed E-state index contributed by atoms with van der Waals surface area (Å²) in [5.74, 6) is 0. The minimum absolute atomic E-state index is 0.774. The van der Waals surface area contributed by atoms with Crippen molar-refractivity contribution in [2.24, 2.45) is 5.16 Å². The number of morpholine rings is 1. The van der Waals surface area contributed by atoms with E-state index in [2.05, 4.69) is 16.1 Å². The van der Waals surface area contributed by atoms with Gasteiger partial charge in [-0.05, 0) is 25.7 Å². The van der Waals surface area contributed by atoms with Crippen molar-refractivity contribution in [2.45, 2.75) is 32.1 Å². The van der Waals surface area contributed by atoms with Gasteiger partial charge in [0.2, 0.25) is 0 Å². The Kier molecular flexibility index (Phi) is 4.22. The molecule has 0 aromatic carbocycles. The molecule has 0 bridgehead atoms. The highest BCUT2D eigenvalue weighted by Crippen LogP contribution is 2.19. The van der Waals surface area contributed by atoms with E-state index in [1.165, 1.54) is 12.8 Å². The van der Waals surface area contributed by atoms with E-state index >= 15 is 0 Å². The van der Waals surface area contributed by atoms with Gasteiger partial charge in [0.15, 0.2) is 0 Å². The average Bonchev–Trinajstić information content (AvgIpc) is 2.30. The smallest absolute Gasteiger partial charge is 0.102 e. The molecule has 0 radical (unpaired) electrons. The number of ether oxygens (including phenoxy) is 1. The number of rotatable bonds is 1. The molecule has 0 spiro atoms. The van der Waals surface area contributed by atoms with E-state index in [1.807, 2.05) is 0 Å². The maximum absolute atomic E-state index is 9.10. The molecule has 0 saturated carbocycles. The van der Waals surface area contributed by atoms with Crippen molar-refractivity contribution in [3.05, 3.63) is 11.8 Å². The van der Waals surface area contributed by atoms with Gasteiger partial charge in [-0.15, -0.1) is 0 Å². The molecule has 0 unspecified atom stereocenters. The van der Waals surface area contributed by atoms with Crippen molar-refractivity contribution in [3.8, 4) is 0 Å². The average molecular weight is 224 g/mol. The Labute approximate surface area is 96.6 Å². The van der Waals surface area contributed by atoms with Crippen LogP contribution in [-0.2, 0) is 4.74 Å². The quantitative estimate of drug-likeness (QED) is 0.547. The zero-order valence-corrected chi connectivity index (χ0v) is 9.69. The topological polar surface area (TPSA) is 45.1 Å². The molecule has 1 heterocycles. The van der Waals surface area contributed by atoms with E-state index in [-0.39, 0.29) is 0 Å². The third-order valence-corrected chi connectivity index (χ3v) is 3.22. The first-order chi connectivity index (χ1) is 7.92. The van der Waals surface area contributed by atoms with Gasteiger partial charge in [-0.25, -0.2) is 0 Å². The lowest BCUT2D eigenvalue weighted by Crippen LogP contribution is -2.38. The molecule has 2 aliphatic rings. The molecule has 1 fully saturated rings. The van der Waals surface area contributed by atoms with Crippen LogP contribution in [-0.4, -0.2) is 42.1 Å². The van der Waals surface area contributed by atoms with Gasteiger partial charge in [-0.3, -0.25) is 0 Å². The summed E-state index contributed by atoms with van der Waals surface area (Å²) in [6, 6.07) is 0. The first kappa shape index (κ1) is 11.5. The van der Waals surface area contributed by atoms with Crippen molar-refractivity contribution in [1.29, 1.82) is 0 Å². The summed E-state index contributed by atoms with van der Waals surface area (Å²) in [4.78, 5) is 2.28. The van der Waals surface area contributed by atoms with Gasteiger partial charge >= 0.3 is 0 Å². The fourth-order valence-corrected chi connectivity index (χ4v) is 2.32. The molecule has 0 amide bonds. The normalized spacial score (nSPS) is 29.4. The van der Waals surface area contributed by atoms with Crippen LogP contribution in [0.5, 0.6) is 0 Å². The van der Waals surface area contributed by atoms with Gasteiger partial charge in [0.05, 0.1) is 18.9 Å². The minimum Gasteiger partial charge on any atom is -0.411 e. The van der Waals surface area contributed by atoms with Crippen LogP contribution < -0.4 is 0 Å². The summed E-state index contributed by atoms with van der Waals surface area (Å²) in [6.07, 6.45) is 7.80. The molecule has 0 aromatic rings. The van der Waals surface area contributed by atoms with Crippen molar-refractivity contribution >= 4 is 5.71 Å². The zero-order valence-electron chi connectivity index (χ0n) is 9.69. The number of oxime groups is 1. The van der Waals surface area contributed by atoms with E-state index in [0.29, 0.717) is 0 Å². The molecular weight excluding hydrogens is 204 g/mol. The van der Waals surface area contributed by atoms with Crippen molar-refractivity contribution in [2.75, 3.05) is 26.3 Å². The van der Waals surface area contributed by atoms with Gasteiger partial charge in [0.1, 0.15) is 5.71 Å². The van der Waals surface area contributed by atoms with Crippen LogP contribution in [0.3, 0.4) is 0 Å². The summed E-state index contributed by atoms with van der Waals surface area (Å²) < 4.78 is 5.34. The first-order valence-corrected chi connectivity index (χ1v) is 6.16. The van der Waals surface area contributed by atoms with E-state index < -0.39 is 0 Å². The van der Waals surface area contributed by atoms with Crippen molar-refractivity contribution in [3.63, 3.8) is 0 Å². The van der Waals surface area contributed by atoms with Crippen LogP contribution >= 0.6 is 0 Å². The van der Waals surface area contributed by atoms with Gasteiger partial charge in [0.25, 0.3) is 0 Å². The molecule has 1 saturated heterocycles. The summed E-state index contributed by atoms with van der Waals surface area (Å²) in [7, 11) is 0. The second-order valence-corrected chi connectivity index (χ2v) is 4.33. The van der Waals surface area contributed by atoms with E-state index in [9.17, 15) is 0 Å². The number of allylic oxidation sites excluding steroid dienone is 2. The zero-order chi connectivity index (χ0) is 11.2. The molecule has 90 valence electrons. The lowest BCUT2D eigenvalue weighted by Gasteiger charge is -2.32. The molecule has 1 N–H and O–H groups in total. The molecule has 1 aliphatic heterocycles. The summed E-state index contributed by atoms with van der Waals surface area (Å²) >= 11 is 0. The van der Waals surface area contributed by atoms with Gasteiger partial charge in [-0.2, -0.15) is 0 Å². The third kappa shape index (κ3) is 2.76. The summed E-state index contributed by atoms with van der Waals surface area (Å²) in [5.41, 5.74) is 1.98. The highest BCUT2D eigenvalue weighted by atomic mass is 16.5. The second kappa shape index (κ2) is 5.89. The maximum Gasteiger partial charge on any atom is 0.102 e. The van der Waals surface area contributed by atoms with Crippen molar-refractivity contribution < 1.29 is 9.94 Å². The van der Waals surface area contributed by atoms with Crippen molar-refractivity contribution in [1.82, 2.24) is 4.90 Å². The van der Waals surface area contributed by atoms with Gasteiger partial charge in [-0.1, -0.05) is 17.7 Å². The Bertz CT molecular complexity index is 281. The largest absolute Gasteiger partial charge is 0.411 e. The van der Waals surface area contributed by atoms with Crippen LogP contribution in [0, 0.1) is 0 Å². The second-order valence-electron chi connectivity index (χ2n) is 4.33. The van der Waals surface area contributed by atoms with Crippen LogP contribution in [0.4, 0.5) is 0 Å². The van der Waals surface area contributed by atoms with Crippen LogP contribution in [0.1, 0.15) is 32.1 Å². The monoisotopic (exact) mass is 224 g/mol. The molecule has 4 nitrogen and oxygen atoms in total. The first-order valence-electron chi connectivity index (χ1n) is 6.16. The van der Waals surface area contributed by atoms with Crippen LogP contribution in [0.25, 0.3) is 0 Å². The molecule has 16 heavy (non-hydrogen) atoms. The minimum atomic E-state index is 0.774. The lowest BCUT2D eigenvalue weighted by atomic mass is 10.0. The SMILES string of the molecule is ON=C1CCCCC/C=C\1N1CCOCC1. The highest BCUT2D eigenvalue weighted by Gasteiger charge is 2.19. The van der Waals surface area contributed by atoms with E-state index in [4.69, 9.17) is 9.94 Å². The molecule has 4 heteroatoms. The molecule has 2 rings (SSSR count). The summed E-state index contributed by atoms with van der Waals surface area (Å²) in [6.45, 7) is 3.36. The maximum atomic E-state index is 9.10. The third-order valence-electron chi connectivity index (χ3n) is 3.22. The fraction of sp³-hybridized carbons (Fsp3) is 0.750. The Morgan fingerprint density at radius 3 is 2.75 bits per heavy atom. The van der Waals surface area contributed by atoms with Gasteiger partial charge in [0, 0.05) is 13.1 Å². The highest BCUT2D eigenvalue weighted by molar-refractivity contribution is 5.99. The molecule has 0 aromatic heterocycles. The van der Waals surface area contributed by atoms with Crippen LogP contribution in [0.15, 0.2) is 16.9 Å². The molecular formula is C12H20N2O2. The van der Waals surface area contributed by atoms with E-state index in [1.54, 1.807) is 0 Å².